The first-order chi connectivity index (χ1) is 7.26. The van der Waals surface area contributed by atoms with Gasteiger partial charge in [-0.3, -0.25) is 0 Å². The average Bonchev–Trinajstić information content (AvgIpc) is 2.18. The lowest BCUT2D eigenvalue weighted by atomic mass is 10.2. The summed E-state index contributed by atoms with van der Waals surface area (Å²) in [5.41, 5.74) is 1.19. The Bertz CT molecular complexity index is 386. The van der Waals surface area contributed by atoms with Gasteiger partial charge < -0.3 is 4.74 Å². The minimum absolute atomic E-state index is 0.790. The molecule has 0 saturated carbocycles. The topological polar surface area (TPSA) is 9.23 Å². The van der Waals surface area contributed by atoms with Gasteiger partial charge in [-0.15, -0.1) is 0 Å². The highest BCUT2D eigenvalue weighted by molar-refractivity contribution is 5.31. The van der Waals surface area contributed by atoms with E-state index in [0.29, 0.717) is 0 Å². The fraction of sp³-hybridized carbons (Fsp3) is 0.143. The van der Waals surface area contributed by atoms with Crippen molar-refractivity contribution in [3.05, 3.63) is 66.5 Å². The Hall–Kier alpha value is -1.76. The lowest BCUT2D eigenvalue weighted by Gasteiger charge is -2.06. The smallest absolute Gasteiger partial charge is 0.127 e. The van der Waals surface area contributed by atoms with Gasteiger partial charge in [0.2, 0.25) is 0 Å². The molecule has 0 bridgehead atoms. The maximum absolute atomic E-state index is 5.68. The molecule has 0 aliphatic carbocycles. The normalized spacial score (nSPS) is 11.7. The van der Waals surface area contributed by atoms with E-state index in [2.05, 4.69) is 6.58 Å². The number of hydrogen-bond acceptors (Lipinski definition) is 1. The molecule has 0 aliphatic rings. The summed E-state index contributed by atoms with van der Waals surface area (Å²) < 4.78 is 5.68. The zero-order valence-electron chi connectivity index (χ0n) is 9.23. The quantitative estimate of drug-likeness (QED) is 0.527. The molecule has 1 heteroatoms. The Morgan fingerprint density at radius 1 is 1.40 bits per heavy atom. The fourth-order valence-electron chi connectivity index (χ4n) is 1.22. The number of ether oxygens (including phenoxy) is 1. The van der Waals surface area contributed by atoms with Crippen LogP contribution in [0.25, 0.3) is 0 Å². The molecule has 0 fully saturated rings. The van der Waals surface area contributed by atoms with Crippen LogP contribution in [0.4, 0.5) is 0 Å². The van der Waals surface area contributed by atoms with Crippen molar-refractivity contribution in [2.45, 2.75) is 13.8 Å². The predicted octanol–water partition coefficient (Wildman–Crippen LogP) is 4.02. The first-order valence-electron chi connectivity index (χ1n) is 4.96. The van der Waals surface area contributed by atoms with Gasteiger partial charge in [-0.05, 0) is 43.7 Å². The van der Waals surface area contributed by atoms with Crippen LogP contribution in [0.3, 0.4) is 0 Å². The van der Waals surface area contributed by atoms with Gasteiger partial charge >= 0.3 is 0 Å². The molecule has 1 rings (SSSR count). The molecule has 0 spiro atoms. The van der Waals surface area contributed by atoms with Gasteiger partial charge in [-0.1, -0.05) is 30.9 Å². The van der Waals surface area contributed by atoms with E-state index in [9.17, 15) is 0 Å². The van der Waals surface area contributed by atoms with Crippen molar-refractivity contribution in [1.82, 2.24) is 0 Å². The lowest BCUT2D eigenvalue weighted by molar-refractivity contribution is 0.444. The van der Waals surface area contributed by atoms with Crippen molar-refractivity contribution in [2.24, 2.45) is 0 Å². The Morgan fingerprint density at radius 2 is 2.20 bits per heavy atom. The van der Waals surface area contributed by atoms with E-state index in [1.807, 2.05) is 56.3 Å². The maximum atomic E-state index is 5.68. The molecular weight excluding hydrogens is 184 g/mol. The van der Waals surface area contributed by atoms with Crippen LogP contribution in [0, 0.1) is 6.92 Å². The third-order valence-electron chi connectivity index (χ3n) is 1.84. The van der Waals surface area contributed by atoms with Crippen LogP contribution in [0.15, 0.2) is 60.9 Å². The summed E-state index contributed by atoms with van der Waals surface area (Å²) in [4.78, 5) is 0. The van der Waals surface area contributed by atoms with Gasteiger partial charge in [0.1, 0.15) is 11.5 Å². The zero-order chi connectivity index (χ0) is 11.1. The second-order valence-electron chi connectivity index (χ2n) is 3.22. The number of benzene rings is 1. The molecule has 0 aliphatic heterocycles. The number of allylic oxidation sites excluding steroid dienone is 4. The molecule has 0 saturated heterocycles. The van der Waals surface area contributed by atoms with E-state index in [4.69, 9.17) is 4.74 Å². The Morgan fingerprint density at radius 3 is 2.80 bits per heavy atom. The van der Waals surface area contributed by atoms with Gasteiger partial charge in [0, 0.05) is 0 Å². The van der Waals surface area contributed by atoms with E-state index in [-0.39, 0.29) is 0 Å². The molecule has 0 unspecified atom stereocenters. The number of hydrogen-bond donors (Lipinski definition) is 0. The first kappa shape index (κ1) is 11.3. The minimum Gasteiger partial charge on any atom is -0.457 e. The summed E-state index contributed by atoms with van der Waals surface area (Å²) in [6, 6.07) is 7.96. The van der Waals surface area contributed by atoms with Crippen LogP contribution in [0.5, 0.6) is 5.75 Å². The number of aryl methyl sites for hydroxylation is 1. The van der Waals surface area contributed by atoms with Crippen molar-refractivity contribution < 1.29 is 4.74 Å². The summed E-state index contributed by atoms with van der Waals surface area (Å²) in [7, 11) is 0. The summed E-state index contributed by atoms with van der Waals surface area (Å²) in [6.07, 6.45) is 7.39. The number of rotatable bonds is 4. The standard InChI is InChI=1S/C14H16O/c1-4-7-13(8-5-2)15-14-10-6-9-12(3)11-14/h4-11H,1H2,2-3H3/b8-5-,13-7+. The van der Waals surface area contributed by atoms with E-state index >= 15 is 0 Å². The molecular formula is C14H16O. The van der Waals surface area contributed by atoms with Crippen LogP contribution in [0.1, 0.15) is 12.5 Å². The third-order valence-corrected chi connectivity index (χ3v) is 1.84. The largest absolute Gasteiger partial charge is 0.457 e. The van der Waals surface area contributed by atoms with Crippen LogP contribution >= 0.6 is 0 Å². The monoisotopic (exact) mass is 200 g/mol. The molecule has 0 radical (unpaired) electrons. The lowest BCUT2D eigenvalue weighted by Crippen LogP contribution is -1.91. The zero-order valence-corrected chi connectivity index (χ0v) is 9.23. The predicted molar refractivity (Wildman–Crippen MR) is 64.9 cm³/mol. The summed E-state index contributed by atoms with van der Waals surface area (Å²) >= 11 is 0. The summed E-state index contributed by atoms with van der Waals surface area (Å²) in [5, 5.41) is 0. The summed E-state index contributed by atoms with van der Waals surface area (Å²) in [6.45, 7) is 7.65. The van der Waals surface area contributed by atoms with Gasteiger partial charge in [-0.25, -0.2) is 0 Å². The second kappa shape index (κ2) is 5.86. The van der Waals surface area contributed by atoms with Crippen LogP contribution in [-0.2, 0) is 0 Å². The Labute approximate surface area is 91.4 Å². The van der Waals surface area contributed by atoms with Crippen molar-refractivity contribution in [3.63, 3.8) is 0 Å². The molecule has 0 N–H and O–H groups in total. The third kappa shape index (κ3) is 3.86. The average molecular weight is 200 g/mol. The van der Waals surface area contributed by atoms with E-state index in [1.54, 1.807) is 6.08 Å². The minimum atomic E-state index is 0.790. The molecule has 0 amide bonds. The molecule has 1 nitrogen and oxygen atoms in total. The van der Waals surface area contributed by atoms with Crippen molar-refractivity contribution in [2.75, 3.05) is 0 Å². The van der Waals surface area contributed by atoms with E-state index in [0.717, 1.165) is 11.5 Å². The van der Waals surface area contributed by atoms with Gasteiger partial charge in [-0.2, -0.15) is 0 Å². The van der Waals surface area contributed by atoms with Crippen molar-refractivity contribution in [1.29, 1.82) is 0 Å². The molecule has 0 atom stereocenters. The van der Waals surface area contributed by atoms with Crippen LogP contribution < -0.4 is 4.74 Å². The molecule has 1 aromatic rings. The molecule has 0 heterocycles. The van der Waals surface area contributed by atoms with E-state index < -0.39 is 0 Å². The summed E-state index contributed by atoms with van der Waals surface area (Å²) in [5.74, 6) is 1.64. The van der Waals surface area contributed by atoms with Gasteiger partial charge in [0.25, 0.3) is 0 Å². The fourth-order valence-corrected chi connectivity index (χ4v) is 1.22. The maximum Gasteiger partial charge on any atom is 0.127 e. The van der Waals surface area contributed by atoms with Gasteiger partial charge in [0.15, 0.2) is 0 Å². The van der Waals surface area contributed by atoms with Crippen molar-refractivity contribution in [3.8, 4) is 5.75 Å². The first-order valence-corrected chi connectivity index (χ1v) is 4.96. The molecule has 78 valence electrons. The molecule has 0 aromatic heterocycles. The Balaban J connectivity index is 2.83. The molecule has 15 heavy (non-hydrogen) atoms. The highest BCUT2D eigenvalue weighted by Gasteiger charge is 1.96. The van der Waals surface area contributed by atoms with Crippen LogP contribution in [-0.4, -0.2) is 0 Å². The Kier molecular flexibility index (Phi) is 4.42. The molecule has 1 aromatic carbocycles. The highest BCUT2D eigenvalue weighted by atomic mass is 16.5. The van der Waals surface area contributed by atoms with Crippen molar-refractivity contribution >= 4 is 0 Å². The second-order valence-corrected chi connectivity index (χ2v) is 3.22. The SMILES string of the molecule is C=C/C=C(\C=C/C)Oc1cccc(C)c1. The highest BCUT2D eigenvalue weighted by Crippen LogP contribution is 2.16. The van der Waals surface area contributed by atoms with Gasteiger partial charge in [0.05, 0.1) is 0 Å². The van der Waals surface area contributed by atoms with E-state index in [1.165, 1.54) is 5.56 Å². The van der Waals surface area contributed by atoms with Crippen LogP contribution in [0.2, 0.25) is 0 Å².